The van der Waals surface area contributed by atoms with Crippen LogP contribution in [0.15, 0.2) is 42.5 Å². The van der Waals surface area contributed by atoms with Crippen LogP contribution in [0, 0.1) is 0 Å². The van der Waals surface area contributed by atoms with Crippen molar-refractivity contribution in [1.82, 2.24) is 10.6 Å². The van der Waals surface area contributed by atoms with Crippen molar-refractivity contribution >= 4 is 11.8 Å². The van der Waals surface area contributed by atoms with Gasteiger partial charge in [0.1, 0.15) is 11.8 Å². The van der Waals surface area contributed by atoms with Crippen LogP contribution in [-0.2, 0) is 24.2 Å². The Hall–Kier alpha value is -2.82. The standard InChI is InChI=1S/C21H24N2O3/c1-14(20(25)22-13-15-7-3-2-4-8-15)23-21(26)18-11-16-9-5-6-10-17(16)12-19(18)24/h2-4,7-8,11-12,14,24H,5-6,9-10,13H2,1H3,(H,22,25)(H,23,26). The van der Waals surface area contributed by atoms with Crippen LogP contribution in [0.2, 0.25) is 0 Å². The highest BCUT2D eigenvalue weighted by Crippen LogP contribution is 2.28. The van der Waals surface area contributed by atoms with Gasteiger partial charge in [0, 0.05) is 6.54 Å². The fourth-order valence-corrected chi connectivity index (χ4v) is 3.23. The molecule has 0 fully saturated rings. The van der Waals surface area contributed by atoms with Crippen LogP contribution in [0.25, 0.3) is 0 Å². The van der Waals surface area contributed by atoms with E-state index >= 15 is 0 Å². The maximum absolute atomic E-state index is 12.5. The number of hydrogen-bond acceptors (Lipinski definition) is 3. The molecule has 1 aliphatic carbocycles. The molecule has 3 N–H and O–H groups in total. The van der Waals surface area contributed by atoms with Crippen LogP contribution < -0.4 is 10.6 Å². The largest absolute Gasteiger partial charge is 0.507 e. The third kappa shape index (κ3) is 4.23. The summed E-state index contributed by atoms with van der Waals surface area (Å²) in [5.41, 5.74) is 3.44. The van der Waals surface area contributed by atoms with Crippen molar-refractivity contribution in [2.75, 3.05) is 0 Å². The summed E-state index contributed by atoms with van der Waals surface area (Å²) in [6.07, 6.45) is 4.06. The van der Waals surface area contributed by atoms with Gasteiger partial charge in [-0.2, -0.15) is 0 Å². The van der Waals surface area contributed by atoms with Gasteiger partial charge in [-0.05, 0) is 61.4 Å². The van der Waals surface area contributed by atoms with Gasteiger partial charge in [-0.3, -0.25) is 9.59 Å². The Labute approximate surface area is 153 Å². The van der Waals surface area contributed by atoms with Crippen molar-refractivity contribution in [3.05, 3.63) is 64.7 Å². The summed E-state index contributed by atoms with van der Waals surface area (Å²) in [5.74, 6) is -0.724. The smallest absolute Gasteiger partial charge is 0.255 e. The van der Waals surface area contributed by atoms with Crippen molar-refractivity contribution in [3.8, 4) is 5.75 Å². The van der Waals surface area contributed by atoms with E-state index in [-0.39, 0.29) is 17.2 Å². The van der Waals surface area contributed by atoms with Gasteiger partial charge < -0.3 is 15.7 Å². The summed E-state index contributed by atoms with van der Waals surface area (Å²) in [5, 5.41) is 15.7. The van der Waals surface area contributed by atoms with E-state index in [9.17, 15) is 14.7 Å². The van der Waals surface area contributed by atoms with Gasteiger partial charge >= 0.3 is 0 Å². The lowest BCUT2D eigenvalue weighted by Crippen LogP contribution is -2.44. The molecule has 136 valence electrons. The molecule has 3 rings (SSSR count). The van der Waals surface area contributed by atoms with Gasteiger partial charge in [0.05, 0.1) is 5.56 Å². The van der Waals surface area contributed by atoms with Gasteiger partial charge in [0.2, 0.25) is 5.91 Å². The van der Waals surface area contributed by atoms with Crippen molar-refractivity contribution in [2.45, 2.75) is 45.2 Å². The minimum atomic E-state index is -0.693. The van der Waals surface area contributed by atoms with Gasteiger partial charge in [-0.25, -0.2) is 0 Å². The lowest BCUT2D eigenvalue weighted by atomic mass is 9.90. The molecule has 1 aliphatic rings. The monoisotopic (exact) mass is 352 g/mol. The Bertz CT molecular complexity index is 802. The summed E-state index contributed by atoms with van der Waals surface area (Å²) < 4.78 is 0. The number of carbonyl (C=O) groups is 2. The summed E-state index contributed by atoms with van der Waals surface area (Å²) in [6.45, 7) is 2.04. The summed E-state index contributed by atoms with van der Waals surface area (Å²) in [7, 11) is 0. The number of phenols is 1. The Kier molecular flexibility index (Phi) is 5.56. The molecule has 1 unspecified atom stereocenters. The molecule has 2 aromatic carbocycles. The number of carbonyl (C=O) groups excluding carboxylic acids is 2. The number of amides is 2. The van der Waals surface area contributed by atoms with E-state index in [2.05, 4.69) is 10.6 Å². The number of fused-ring (bicyclic) bond motifs is 1. The van der Waals surface area contributed by atoms with Crippen LogP contribution >= 0.6 is 0 Å². The minimum Gasteiger partial charge on any atom is -0.507 e. The SMILES string of the molecule is CC(NC(=O)c1cc2c(cc1O)CCCC2)C(=O)NCc1ccccc1. The van der Waals surface area contributed by atoms with Crippen molar-refractivity contribution in [3.63, 3.8) is 0 Å². The fourth-order valence-electron chi connectivity index (χ4n) is 3.23. The van der Waals surface area contributed by atoms with Gasteiger partial charge in [0.15, 0.2) is 0 Å². The second-order valence-corrected chi connectivity index (χ2v) is 6.74. The first-order valence-corrected chi connectivity index (χ1v) is 9.02. The zero-order valence-electron chi connectivity index (χ0n) is 14.9. The van der Waals surface area contributed by atoms with Crippen molar-refractivity contribution in [1.29, 1.82) is 0 Å². The average Bonchev–Trinajstić information content (AvgIpc) is 2.66. The van der Waals surface area contributed by atoms with E-state index < -0.39 is 11.9 Å². The number of aromatic hydroxyl groups is 1. The van der Waals surface area contributed by atoms with Crippen LogP contribution in [0.4, 0.5) is 0 Å². The van der Waals surface area contributed by atoms with Crippen LogP contribution in [-0.4, -0.2) is 23.0 Å². The minimum absolute atomic E-state index is 0.0277. The first kappa shape index (κ1) is 18.0. The number of hydrogen-bond donors (Lipinski definition) is 3. The molecular weight excluding hydrogens is 328 g/mol. The lowest BCUT2D eigenvalue weighted by Gasteiger charge is -2.19. The quantitative estimate of drug-likeness (QED) is 0.774. The molecular formula is C21H24N2O3. The van der Waals surface area contributed by atoms with Crippen molar-refractivity contribution in [2.24, 2.45) is 0 Å². The van der Waals surface area contributed by atoms with E-state index in [0.717, 1.165) is 42.4 Å². The molecule has 26 heavy (non-hydrogen) atoms. The molecule has 1 atom stereocenters. The predicted molar refractivity (Wildman–Crippen MR) is 100.0 cm³/mol. The van der Waals surface area contributed by atoms with E-state index in [1.807, 2.05) is 30.3 Å². The molecule has 0 spiro atoms. The molecule has 0 saturated heterocycles. The molecule has 0 aromatic heterocycles. The number of aryl methyl sites for hydroxylation is 2. The fraction of sp³-hybridized carbons (Fsp3) is 0.333. The molecule has 2 amide bonds. The highest BCUT2D eigenvalue weighted by atomic mass is 16.3. The lowest BCUT2D eigenvalue weighted by molar-refractivity contribution is -0.122. The Morgan fingerprint density at radius 3 is 2.42 bits per heavy atom. The topological polar surface area (TPSA) is 78.4 Å². The molecule has 5 heteroatoms. The number of benzene rings is 2. The number of phenolic OH excluding ortho intramolecular Hbond substituents is 1. The first-order chi connectivity index (χ1) is 12.5. The Morgan fingerprint density at radius 2 is 1.73 bits per heavy atom. The molecule has 2 aromatic rings. The van der Waals surface area contributed by atoms with Crippen LogP contribution in [0.1, 0.15) is 46.8 Å². The summed E-state index contributed by atoms with van der Waals surface area (Å²) in [4.78, 5) is 24.7. The maximum atomic E-state index is 12.5. The molecule has 0 bridgehead atoms. The summed E-state index contributed by atoms with van der Waals surface area (Å²) in [6, 6.07) is 12.3. The highest BCUT2D eigenvalue weighted by Gasteiger charge is 2.21. The van der Waals surface area contributed by atoms with E-state index in [0.29, 0.717) is 6.54 Å². The third-order valence-electron chi connectivity index (χ3n) is 4.76. The van der Waals surface area contributed by atoms with Gasteiger partial charge in [0.25, 0.3) is 5.91 Å². The van der Waals surface area contributed by atoms with Gasteiger partial charge in [-0.15, -0.1) is 0 Å². The zero-order chi connectivity index (χ0) is 18.5. The predicted octanol–water partition coefficient (Wildman–Crippen LogP) is 2.71. The van der Waals surface area contributed by atoms with E-state index in [1.54, 1.807) is 19.1 Å². The molecule has 0 heterocycles. The number of rotatable bonds is 5. The normalized spacial score (nSPS) is 14.2. The van der Waals surface area contributed by atoms with Crippen LogP contribution in [0.3, 0.4) is 0 Å². The molecule has 5 nitrogen and oxygen atoms in total. The average molecular weight is 352 g/mol. The molecule has 0 saturated carbocycles. The zero-order valence-corrected chi connectivity index (χ0v) is 14.9. The van der Waals surface area contributed by atoms with E-state index in [4.69, 9.17) is 0 Å². The molecule has 0 radical (unpaired) electrons. The summed E-state index contributed by atoms with van der Waals surface area (Å²) >= 11 is 0. The highest BCUT2D eigenvalue weighted by molar-refractivity contribution is 5.99. The maximum Gasteiger partial charge on any atom is 0.255 e. The second kappa shape index (κ2) is 8.04. The third-order valence-corrected chi connectivity index (χ3v) is 4.76. The first-order valence-electron chi connectivity index (χ1n) is 9.02. The van der Waals surface area contributed by atoms with Gasteiger partial charge in [-0.1, -0.05) is 30.3 Å². The van der Waals surface area contributed by atoms with Crippen molar-refractivity contribution < 1.29 is 14.7 Å². The molecule has 0 aliphatic heterocycles. The Morgan fingerprint density at radius 1 is 1.08 bits per heavy atom. The second-order valence-electron chi connectivity index (χ2n) is 6.74. The van der Waals surface area contributed by atoms with Crippen LogP contribution in [0.5, 0.6) is 5.75 Å². The Balaban J connectivity index is 1.61. The van der Waals surface area contributed by atoms with E-state index in [1.165, 1.54) is 0 Å². The number of nitrogens with one attached hydrogen (secondary N) is 2.